The highest BCUT2D eigenvalue weighted by Gasteiger charge is 2.53. The normalized spacial score (nSPS) is 33.4. The van der Waals surface area contributed by atoms with Gasteiger partial charge in [-0.2, -0.15) is 0 Å². The maximum absolute atomic E-state index is 13.2. The van der Waals surface area contributed by atoms with E-state index in [0.717, 1.165) is 57.8 Å². The van der Waals surface area contributed by atoms with E-state index in [2.05, 4.69) is 67.8 Å². The summed E-state index contributed by atoms with van der Waals surface area (Å²) in [6.07, 6.45) is 8.16. The zero-order chi connectivity index (χ0) is 50.6. The molecule has 1 amide bonds. The van der Waals surface area contributed by atoms with Crippen molar-refractivity contribution < 1.29 is 89.4 Å². The highest BCUT2D eigenvalue weighted by Crippen LogP contribution is 2.33. The molecule has 0 aliphatic carbocycles. The molecule has 12 N–H and O–H groups in total. The minimum absolute atomic E-state index is 0.197. The van der Waals surface area contributed by atoms with Gasteiger partial charge in [0.25, 0.3) is 0 Å². The molecule has 3 saturated heterocycles. The van der Waals surface area contributed by atoms with Gasteiger partial charge < -0.3 is 89.9 Å². The van der Waals surface area contributed by atoms with Gasteiger partial charge in [0, 0.05) is 6.42 Å². The van der Waals surface area contributed by atoms with E-state index >= 15 is 0 Å². The predicted molar refractivity (Wildman–Crippen MR) is 254 cm³/mol. The second kappa shape index (κ2) is 34.8. The zero-order valence-corrected chi connectivity index (χ0v) is 40.5. The molecule has 3 aliphatic rings. The van der Waals surface area contributed by atoms with Crippen LogP contribution in [0.3, 0.4) is 0 Å². The van der Waals surface area contributed by atoms with Crippen LogP contribution < -0.4 is 5.32 Å². The van der Waals surface area contributed by atoms with Crippen LogP contribution in [0.5, 0.6) is 0 Å². The minimum atomic E-state index is -1.98. The van der Waals surface area contributed by atoms with E-state index in [1.54, 1.807) is 6.08 Å². The molecule has 19 nitrogen and oxygen atoms in total. The van der Waals surface area contributed by atoms with Crippen LogP contribution in [0.2, 0.25) is 0 Å². The molecule has 0 spiro atoms. The average molecular weight is 988 g/mol. The number of ether oxygens (including phenoxy) is 6. The molecule has 0 radical (unpaired) electrons. The fourth-order valence-electron chi connectivity index (χ4n) is 8.10. The minimum Gasteiger partial charge on any atom is -0.394 e. The third-order valence-electron chi connectivity index (χ3n) is 12.3. The number of rotatable bonds is 33. The van der Waals surface area contributed by atoms with Gasteiger partial charge in [-0.3, -0.25) is 4.79 Å². The van der Waals surface area contributed by atoms with Crippen LogP contribution in [0, 0.1) is 0 Å². The molecule has 0 bridgehead atoms. The lowest BCUT2D eigenvalue weighted by Crippen LogP contribution is -2.66. The number of amides is 1. The summed E-state index contributed by atoms with van der Waals surface area (Å²) in [5.41, 5.74) is 0. The van der Waals surface area contributed by atoms with Crippen molar-refractivity contribution in [1.82, 2.24) is 5.32 Å². The Bertz CT molecular complexity index is 1510. The molecule has 0 saturated carbocycles. The first-order valence-electron chi connectivity index (χ1n) is 25.0. The molecule has 19 heteroatoms. The number of unbranched alkanes of at least 4 members (excludes halogenated alkanes) is 9. The molecule has 0 aromatic rings. The quantitative estimate of drug-likeness (QED) is 0.0326. The Kier molecular flexibility index (Phi) is 30.6. The Morgan fingerprint density at radius 1 is 0.536 bits per heavy atom. The van der Waals surface area contributed by atoms with E-state index in [1.807, 2.05) is 6.08 Å². The summed E-state index contributed by atoms with van der Waals surface area (Å²) >= 11 is 0. The number of carbonyl (C=O) groups excluding carboxylic acids is 1. The number of hydrogen-bond acceptors (Lipinski definition) is 18. The monoisotopic (exact) mass is 988 g/mol. The zero-order valence-electron chi connectivity index (χ0n) is 40.5. The van der Waals surface area contributed by atoms with Crippen LogP contribution in [0.25, 0.3) is 0 Å². The van der Waals surface area contributed by atoms with Crippen molar-refractivity contribution in [3.63, 3.8) is 0 Å². The highest BCUT2D eigenvalue weighted by atomic mass is 16.8. The van der Waals surface area contributed by atoms with E-state index in [1.165, 1.54) is 25.7 Å². The Labute approximate surface area is 407 Å². The highest BCUT2D eigenvalue weighted by molar-refractivity contribution is 5.76. The Morgan fingerprint density at radius 2 is 1.01 bits per heavy atom. The largest absolute Gasteiger partial charge is 0.394 e. The molecule has 3 aliphatic heterocycles. The second-order valence-corrected chi connectivity index (χ2v) is 17.9. The van der Waals surface area contributed by atoms with Crippen molar-refractivity contribution in [2.45, 2.75) is 221 Å². The topological polar surface area (TPSA) is 307 Å². The number of aliphatic hydroxyl groups excluding tert-OH is 11. The first-order valence-corrected chi connectivity index (χ1v) is 25.0. The smallest absolute Gasteiger partial charge is 0.220 e. The molecule has 69 heavy (non-hydrogen) atoms. The Balaban J connectivity index is 1.59. The third-order valence-corrected chi connectivity index (χ3v) is 12.3. The van der Waals surface area contributed by atoms with Gasteiger partial charge in [-0.05, 0) is 64.2 Å². The first kappa shape index (κ1) is 60.8. The standard InChI is InChI=1S/C50H85NO18/c1-3-5-7-9-11-13-15-16-18-20-22-24-26-28-38(56)51-33(34(55)27-25-23-21-19-17-14-12-10-8-6-4-2)32-64-48-44(62)41(59)46(36(30-53)66-48)69-50-45(63)42(60)47(37(31-54)67-50)68-49-43(61)40(58)39(57)35(29-52)65-49/h5,7,11,13,16-19,25,27,33-37,39-50,52-55,57-63H,3-4,6,8-10,12,14-15,20-24,26,28-32H2,1-2H3,(H,51,56)/b7-5-,13-11-,18-16-,19-17+,27-25+. The average Bonchev–Trinajstić information content (AvgIpc) is 3.34. The van der Waals surface area contributed by atoms with Crippen molar-refractivity contribution in [3.05, 3.63) is 60.8 Å². The van der Waals surface area contributed by atoms with E-state index in [9.17, 15) is 61.0 Å². The van der Waals surface area contributed by atoms with Gasteiger partial charge in [0.05, 0.1) is 38.6 Å². The van der Waals surface area contributed by atoms with Gasteiger partial charge in [-0.15, -0.1) is 0 Å². The SMILES string of the molecule is CC/C=C\C/C=C\C/C=C\CCCCCC(=O)NC(COC1OC(CO)C(OC2OC(CO)C(OC3OC(CO)C(O)C(O)C3O)C(O)C2O)C(O)C1O)C(O)/C=C/CC/C=C/CCCCCCC. The Morgan fingerprint density at radius 3 is 1.61 bits per heavy atom. The summed E-state index contributed by atoms with van der Waals surface area (Å²) in [5, 5.41) is 119. The van der Waals surface area contributed by atoms with E-state index in [4.69, 9.17) is 28.4 Å². The summed E-state index contributed by atoms with van der Waals surface area (Å²) in [7, 11) is 0. The fourth-order valence-corrected chi connectivity index (χ4v) is 8.10. The van der Waals surface area contributed by atoms with Crippen LogP contribution in [-0.4, -0.2) is 193 Å². The number of carbonyl (C=O) groups is 1. The number of hydrogen-bond donors (Lipinski definition) is 12. The lowest BCUT2D eigenvalue weighted by atomic mass is 9.96. The maximum atomic E-state index is 13.2. The molecule has 3 fully saturated rings. The van der Waals surface area contributed by atoms with Crippen molar-refractivity contribution in [1.29, 1.82) is 0 Å². The van der Waals surface area contributed by atoms with Crippen molar-refractivity contribution in [3.8, 4) is 0 Å². The number of nitrogens with one attached hydrogen (secondary N) is 1. The number of allylic oxidation sites excluding steroid dienone is 9. The van der Waals surface area contributed by atoms with Gasteiger partial charge in [0.2, 0.25) is 5.91 Å². The van der Waals surface area contributed by atoms with Gasteiger partial charge in [0.15, 0.2) is 18.9 Å². The van der Waals surface area contributed by atoms with Crippen LogP contribution in [0.1, 0.15) is 117 Å². The van der Waals surface area contributed by atoms with Gasteiger partial charge in [-0.1, -0.05) is 107 Å². The number of aliphatic hydroxyl groups is 11. The molecule has 17 unspecified atom stereocenters. The van der Waals surface area contributed by atoms with Crippen molar-refractivity contribution in [2.24, 2.45) is 0 Å². The predicted octanol–water partition coefficient (Wildman–Crippen LogP) is 1.36. The summed E-state index contributed by atoms with van der Waals surface area (Å²) < 4.78 is 34.0. The van der Waals surface area contributed by atoms with E-state index in [0.29, 0.717) is 12.8 Å². The van der Waals surface area contributed by atoms with Crippen LogP contribution in [0.4, 0.5) is 0 Å². The van der Waals surface area contributed by atoms with E-state index in [-0.39, 0.29) is 18.9 Å². The van der Waals surface area contributed by atoms with Crippen molar-refractivity contribution in [2.75, 3.05) is 26.4 Å². The second-order valence-electron chi connectivity index (χ2n) is 17.9. The fraction of sp³-hybridized carbons (Fsp3) is 0.780. The molecular weight excluding hydrogens is 903 g/mol. The van der Waals surface area contributed by atoms with Gasteiger partial charge >= 0.3 is 0 Å². The summed E-state index contributed by atoms with van der Waals surface area (Å²) in [6, 6.07) is -1.00. The molecule has 3 heterocycles. The van der Waals surface area contributed by atoms with Gasteiger partial charge in [-0.25, -0.2) is 0 Å². The molecule has 0 aromatic heterocycles. The van der Waals surface area contributed by atoms with Crippen LogP contribution >= 0.6 is 0 Å². The van der Waals surface area contributed by atoms with Crippen LogP contribution in [-0.2, 0) is 33.2 Å². The maximum Gasteiger partial charge on any atom is 0.220 e. The summed E-state index contributed by atoms with van der Waals surface area (Å²) in [4.78, 5) is 13.2. The molecular formula is C50H85NO18. The van der Waals surface area contributed by atoms with E-state index < -0.39 is 124 Å². The molecule has 17 atom stereocenters. The lowest BCUT2D eigenvalue weighted by molar-refractivity contribution is -0.379. The molecule has 3 rings (SSSR count). The van der Waals surface area contributed by atoms with Crippen LogP contribution in [0.15, 0.2) is 60.8 Å². The summed E-state index contributed by atoms with van der Waals surface area (Å²) in [5.74, 6) is -0.321. The first-order chi connectivity index (χ1) is 33.3. The summed E-state index contributed by atoms with van der Waals surface area (Å²) in [6.45, 7) is 1.47. The lowest BCUT2D eigenvalue weighted by Gasteiger charge is -2.48. The Hall–Kier alpha value is -2.51. The van der Waals surface area contributed by atoms with Gasteiger partial charge in [0.1, 0.15) is 73.2 Å². The molecule has 398 valence electrons. The molecule has 0 aromatic carbocycles. The van der Waals surface area contributed by atoms with Crippen molar-refractivity contribution >= 4 is 5.91 Å². The third kappa shape index (κ3) is 20.9.